The van der Waals surface area contributed by atoms with E-state index in [0.717, 1.165) is 61.5 Å². The lowest BCUT2D eigenvalue weighted by atomic mass is 9.87. The Morgan fingerprint density at radius 3 is 1.60 bits per heavy atom. The van der Waals surface area contributed by atoms with Gasteiger partial charge in [0.1, 0.15) is 0 Å². The fourth-order valence-corrected chi connectivity index (χ4v) is 7.74. The standard InChI is InChI=1S/C41H37BF2N2S2/c1-26(21-28(3)45-42(43)44)30(5)40(41-27(2)22-29(4)46(41)6)37-24-35(31-11-15-33(16-12-31)38-9-7-19-47-38)23-36(25-37)32-13-17-34(18-14-32)39-10-8-20-48-39/h7-25H,1-6H3/b26-21-,40-30+,45-28+. The van der Waals surface area contributed by atoms with Crippen molar-refractivity contribution in [2.45, 2.75) is 34.6 Å². The molecule has 0 aliphatic heterocycles. The molecule has 0 unspecified atom stereocenters. The van der Waals surface area contributed by atoms with Crippen LogP contribution in [0.5, 0.6) is 0 Å². The van der Waals surface area contributed by atoms with Gasteiger partial charge >= 0.3 is 7.40 Å². The smallest absolute Gasteiger partial charge is 0.348 e. The molecule has 6 rings (SSSR count). The number of aromatic nitrogens is 1. The zero-order valence-electron chi connectivity index (χ0n) is 28.0. The molecule has 6 aromatic rings. The lowest BCUT2D eigenvalue weighted by Crippen LogP contribution is -2.04. The molecule has 0 aliphatic rings. The summed E-state index contributed by atoms with van der Waals surface area (Å²) in [6.07, 6.45) is 1.75. The van der Waals surface area contributed by atoms with Crippen molar-refractivity contribution in [3.63, 3.8) is 0 Å². The summed E-state index contributed by atoms with van der Waals surface area (Å²) in [7, 11) is -0.655. The van der Waals surface area contributed by atoms with Crippen molar-refractivity contribution in [2.24, 2.45) is 12.0 Å². The van der Waals surface area contributed by atoms with E-state index in [1.54, 1.807) is 35.7 Å². The van der Waals surface area contributed by atoms with E-state index in [1.807, 2.05) is 6.92 Å². The highest BCUT2D eigenvalue weighted by molar-refractivity contribution is 7.13. The van der Waals surface area contributed by atoms with Crippen LogP contribution in [0.15, 0.2) is 130 Å². The van der Waals surface area contributed by atoms with Crippen molar-refractivity contribution >= 4 is 41.4 Å². The van der Waals surface area contributed by atoms with Gasteiger partial charge in [-0.1, -0.05) is 60.7 Å². The maximum absolute atomic E-state index is 13.1. The largest absolute Gasteiger partial charge is 0.692 e. The van der Waals surface area contributed by atoms with Crippen molar-refractivity contribution in [3.05, 3.63) is 148 Å². The van der Waals surface area contributed by atoms with Gasteiger partial charge in [-0.3, -0.25) is 13.5 Å². The number of hydrogen-bond acceptors (Lipinski definition) is 3. The predicted molar refractivity (Wildman–Crippen MR) is 205 cm³/mol. The van der Waals surface area contributed by atoms with Crippen LogP contribution in [-0.2, 0) is 7.05 Å². The molecule has 3 heterocycles. The Morgan fingerprint density at radius 2 is 1.19 bits per heavy atom. The molecule has 3 aromatic carbocycles. The van der Waals surface area contributed by atoms with Gasteiger partial charge in [-0.05, 0) is 144 Å². The molecule has 0 fully saturated rings. The van der Waals surface area contributed by atoms with Crippen LogP contribution in [0.2, 0.25) is 0 Å². The van der Waals surface area contributed by atoms with E-state index in [9.17, 15) is 8.63 Å². The van der Waals surface area contributed by atoms with Crippen molar-refractivity contribution in [1.82, 2.24) is 4.57 Å². The normalized spacial score (nSPS) is 12.8. The molecule has 0 atom stereocenters. The summed E-state index contributed by atoms with van der Waals surface area (Å²) in [6, 6.07) is 35.0. The molecule has 3 aromatic heterocycles. The lowest BCUT2D eigenvalue weighted by Gasteiger charge is -2.20. The van der Waals surface area contributed by atoms with Crippen LogP contribution in [0.4, 0.5) is 8.63 Å². The average molecular weight is 671 g/mol. The fourth-order valence-electron chi connectivity index (χ4n) is 6.27. The molecule has 0 amide bonds. The molecule has 2 nitrogen and oxygen atoms in total. The first kappa shape index (κ1) is 33.3. The van der Waals surface area contributed by atoms with Crippen LogP contribution in [0, 0.1) is 13.8 Å². The van der Waals surface area contributed by atoms with E-state index in [4.69, 9.17) is 0 Å². The van der Waals surface area contributed by atoms with E-state index in [1.165, 1.54) is 20.9 Å². The summed E-state index contributed by atoms with van der Waals surface area (Å²) < 4.78 is 28.5. The minimum Gasteiger partial charge on any atom is -0.348 e. The van der Waals surface area contributed by atoms with E-state index in [-0.39, 0.29) is 0 Å². The third kappa shape index (κ3) is 7.13. The van der Waals surface area contributed by atoms with Gasteiger partial charge in [0.25, 0.3) is 0 Å². The third-order valence-electron chi connectivity index (χ3n) is 8.86. The van der Waals surface area contributed by atoms with Crippen molar-refractivity contribution in [2.75, 3.05) is 0 Å². The Labute approximate surface area is 290 Å². The summed E-state index contributed by atoms with van der Waals surface area (Å²) >= 11 is 3.47. The molecule has 240 valence electrons. The van der Waals surface area contributed by atoms with E-state index in [2.05, 4.69) is 145 Å². The second-order valence-corrected chi connectivity index (χ2v) is 14.1. The number of thiophene rings is 2. The predicted octanol–water partition coefficient (Wildman–Crippen LogP) is 12.6. The van der Waals surface area contributed by atoms with E-state index in [0.29, 0.717) is 5.71 Å². The minimum atomic E-state index is -2.74. The summed E-state index contributed by atoms with van der Waals surface area (Å²) in [4.78, 5) is 5.96. The second kappa shape index (κ2) is 14.3. The highest BCUT2D eigenvalue weighted by Gasteiger charge is 2.20. The summed E-state index contributed by atoms with van der Waals surface area (Å²) in [5.41, 5.74) is 14.6. The van der Waals surface area contributed by atoms with Crippen molar-refractivity contribution in [1.29, 1.82) is 0 Å². The summed E-state index contributed by atoms with van der Waals surface area (Å²) in [5, 5.41) is 4.20. The van der Waals surface area contributed by atoms with Crippen molar-refractivity contribution in [3.8, 4) is 43.1 Å². The van der Waals surface area contributed by atoms with E-state index >= 15 is 0 Å². The first-order valence-corrected chi connectivity index (χ1v) is 17.6. The van der Waals surface area contributed by atoms with Gasteiger partial charge in [0.15, 0.2) is 0 Å². The van der Waals surface area contributed by atoms with E-state index < -0.39 is 7.40 Å². The van der Waals surface area contributed by atoms with Crippen LogP contribution < -0.4 is 0 Å². The highest BCUT2D eigenvalue weighted by atomic mass is 32.1. The first-order valence-electron chi connectivity index (χ1n) is 15.9. The molecule has 7 heteroatoms. The number of allylic oxidation sites excluding steroid dienone is 3. The van der Waals surface area contributed by atoms with Crippen LogP contribution in [0.3, 0.4) is 0 Å². The fraction of sp³-hybridized carbons (Fsp3) is 0.146. The van der Waals surface area contributed by atoms with Gasteiger partial charge in [-0.15, -0.1) is 22.7 Å². The maximum atomic E-state index is 13.1. The van der Waals surface area contributed by atoms with Crippen LogP contribution in [0.1, 0.15) is 43.3 Å². The molecule has 0 saturated carbocycles. The van der Waals surface area contributed by atoms with Gasteiger partial charge in [0.2, 0.25) is 0 Å². The Morgan fingerprint density at radius 1 is 0.688 bits per heavy atom. The number of benzene rings is 3. The molecule has 0 saturated heterocycles. The zero-order valence-corrected chi connectivity index (χ0v) is 29.6. The Balaban J connectivity index is 1.57. The first-order chi connectivity index (χ1) is 23.1. The molecule has 0 N–H and O–H groups in total. The molecular weight excluding hydrogens is 633 g/mol. The quantitative estimate of drug-likeness (QED) is 0.0828. The Hall–Kier alpha value is -4.59. The SMILES string of the molecule is CC(=C/C(C)=N/B(F)F)/C(C)=C(\c1cc(-c2ccc(-c3cccs3)cc2)cc(-c2ccc(-c3cccs3)cc2)c1)c1c(C)cc(C)n1C. The van der Waals surface area contributed by atoms with Crippen LogP contribution in [0.25, 0.3) is 48.7 Å². The van der Waals surface area contributed by atoms with Gasteiger partial charge < -0.3 is 4.57 Å². The second-order valence-electron chi connectivity index (χ2n) is 12.2. The molecule has 0 bridgehead atoms. The van der Waals surface area contributed by atoms with Gasteiger partial charge in [0.05, 0.1) is 5.69 Å². The van der Waals surface area contributed by atoms with Gasteiger partial charge in [0, 0.05) is 33.8 Å². The lowest BCUT2D eigenvalue weighted by molar-refractivity contribution is 0.662. The summed E-state index contributed by atoms with van der Waals surface area (Å²) in [6.45, 7) is 9.92. The number of rotatable bonds is 9. The van der Waals surface area contributed by atoms with Crippen LogP contribution in [-0.4, -0.2) is 17.7 Å². The van der Waals surface area contributed by atoms with Crippen LogP contribution >= 0.6 is 22.7 Å². The average Bonchev–Trinajstić information content (AvgIpc) is 3.85. The molecule has 48 heavy (non-hydrogen) atoms. The number of hydrogen-bond donors (Lipinski definition) is 0. The molecule has 0 aliphatic carbocycles. The third-order valence-corrected chi connectivity index (χ3v) is 10.7. The molecule has 0 spiro atoms. The molecular formula is C41H37BF2N2S2. The Bertz CT molecular complexity index is 2040. The number of halogens is 2. The molecule has 0 radical (unpaired) electrons. The van der Waals surface area contributed by atoms with Gasteiger partial charge in [-0.2, -0.15) is 0 Å². The van der Waals surface area contributed by atoms with Crippen molar-refractivity contribution < 1.29 is 8.63 Å². The monoisotopic (exact) mass is 670 g/mol. The maximum Gasteiger partial charge on any atom is 0.692 e. The summed E-state index contributed by atoms with van der Waals surface area (Å²) in [5.74, 6) is 0. The Kier molecular flexibility index (Phi) is 9.90. The zero-order chi connectivity index (χ0) is 33.9. The minimum absolute atomic E-state index is 0.298. The topological polar surface area (TPSA) is 17.3 Å². The van der Waals surface area contributed by atoms with Gasteiger partial charge in [-0.25, -0.2) is 0 Å². The number of nitrogens with zero attached hydrogens (tertiary/aromatic N) is 2. The number of aryl methyl sites for hydroxylation is 2. The highest BCUT2D eigenvalue weighted by Crippen LogP contribution is 2.39.